The van der Waals surface area contributed by atoms with E-state index in [0.29, 0.717) is 18.6 Å². The Morgan fingerprint density at radius 1 is 1.71 bits per heavy atom. The van der Waals surface area contributed by atoms with Gasteiger partial charge in [0.1, 0.15) is 0 Å². The van der Waals surface area contributed by atoms with Gasteiger partial charge >= 0.3 is 0 Å². The van der Waals surface area contributed by atoms with Gasteiger partial charge in [0.05, 0.1) is 19.1 Å². The molecule has 0 rings (SSSR count). The number of amides is 1. The molecule has 0 radical (unpaired) electrons. The molecular weight excluding hydrogens is 182 g/mol. The van der Waals surface area contributed by atoms with E-state index in [1.165, 1.54) is 0 Å². The van der Waals surface area contributed by atoms with Gasteiger partial charge in [0.25, 0.3) is 0 Å². The van der Waals surface area contributed by atoms with Crippen LogP contribution in [0.15, 0.2) is 24.8 Å². The molecule has 2 N–H and O–H groups in total. The third kappa shape index (κ3) is 6.39. The zero-order valence-corrected chi connectivity index (χ0v) is 8.45. The van der Waals surface area contributed by atoms with Crippen molar-refractivity contribution in [2.24, 2.45) is 0 Å². The number of hydroxylamine groups is 1. The number of carbonyl (C=O) groups excluding carboxylic acids is 1. The third-order valence-corrected chi connectivity index (χ3v) is 1.56. The molecule has 0 aromatic carbocycles. The normalized spacial score (nSPS) is 11.9. The van der Waals surface area contributed by atoms with Crippen molar-refractivity contribution in [3.8, 4) is 0 Å². The highest BCUT2D eigenvalue weighted by Gasteiger charge is 2.10. The predicted molar refractivity (Wildman–Crippen MR) is 54.3 cm³/mol. The summed E-state index contributed by atoms with van der Waals surface area (Å²) >= 11 is 0. The van der Waals surface area contributed by atoms with Crippen LogP contribution < -0.4 is 5.48 Å². The Morgan fingerprint density at radius 3 is 2.86 bits per heavy atom. The standard InChI is InChI=1S/C10H17NO3/c1-4-5-6-14-11-10(13)7-9(12)8(2)3/h4,9,12H,1-2,5-7H2,3H3,(H,11,13)/t9-/m1/s1. The van der Waals surface area contributed by atoms with Crippen LogP contribution in [-0.2, 0) is 9.63 Å². The number of rotatable bonds is 7. The summed E-state index contributed by atoms with van der Waals surface area (Å²) in [5.74, 6) is -0.357. The molecular formula is C10H17NO3. The molecule has 4 nitrogen and oxygen atoms in total. The topological polar surface area (TPSA) is 58.6 Å². The second-order valence-corrected chi connectivity index (χ2v) is 3.02. The lowest BCUT2D eigenvalue weighted by Gasteiger charge is -2.09. The summed E-state index contributed by atoms with van der Waals surface area (Å²) in [5.41, 5.74) is 2.78. The maximum atomic E-state index is 11.1. The van der Waals surface area contributed by atoms with Gasteiger partial charge < -0.3 is 5.11 Å². The lowest BCUT2D eigenvalue weighted by Crippen LogP contribution is -2.28. The van der Waals surface area contributed by atoms with Gasteiger partial charge in [-0.3, -0.25) is 9.63 Å². The van der Waals surface area contributed by atoms with E-state index >= 15 is 0 Å². The van der Waals surface area contributed by atoms with Crippen LogP contribution in [0.1, 0.15) is 19.8 Å². The Balaban J connectivity index is 3.55. The van der Waals surface area contributed by atoms with Gasteiger partial charge in [0.15, 0.2) is 0 Å². The number of hydrogen-bond acceptors (Lipinski definition) is 3. The highest BCUT2D eigenvalue weighted by molar-refractivity contribution is 5.75. The van der Waals surface area contributed by atoms with Crippen molar-refractivity contribution < 1.29 is 14.7 Å². The van der Waals surface area contributed by atoms with E-state index < -0.39 is 6.10 Å². The molecule has 0 aliphatic rings. The SMILES string of the molecule is C=CCCONC(=O)C[C@@H](O)C(=C)C. The van der Waals surface area contributed by atoms with Crippen molar-refractivity contribution in [2.45, 2.75) is 25.9 Å². The Labute approximate surface area is 84.2 Å². The molecule has 1 atom stereocenters. The van der Waals surface area contributed by atoms with Gasteiger partial charge in [-0.15, -0.1) is 6.58 Å². The molecule has 1 amide bonds. The molecule has 0 bridgehead atoms. The maximum Gasteiger partial charge on any atom is 0.246 e. The summed E-state index contributed by atoms with van der Waals surface area (Å²) in [6.07, 6.45) is 1.53. The van der Waals surface area contributed by atoms with Gasteiger partial charge in [-0.1, -0.05) is 18.2 Å². The average molecular weight is 199 g/mol. The van der Waals surface area contributed by atoms with Gasteiger partial charge in [0.2, 0.25) is 5.91 Å². The molecule has 0 fully saturated rings. The minimum Gasteiger partial charge on any atom is -0.388 e. The van der Waals surface area contributed by atoms with Crippen LogP contribution in [0.25, 0.3) is 0 Å². The van der Waals surface area contributed by atoms with Crippen molar-refractivity contribution in [3.05, 3.63) is 24.8 Å². The van der Waals surface area contributed by atoms with Crippen LogP contribution in [0.5, 0.6) is 0 Å². The van der Waals surface area contributed by atoms with Crippen LogP contribution in [-0.4, -0.2) is 23.7 Å². The second-order valence-electron chi connectivity index (χ2n) is 3.02. The molecule has 4 heteroatoms. The summed E-state index contributed by atoms with van der Waals surface area (Å²) in [5, 5.41) is 9.27. The van der Waals surface area contributed by atoms with Gasteiger partial charge in [0, 0.05) is 0 Å². The summed E-state index contributed by atoms with van der Waals surface area (Å²) in [6, 6.07) is 0. The fourth-order valence-corrected chi connectivity index (χ4v) is 0.665. The Hall–Kier alpha value is -1.13. The molecule has 80 valence electrons. The summed E-state index contributed by atoms with van der Waals surface area (Å²) in [6.45, 7) is 9.09. The van der Waals surface area contributed by atoms with Gasteiger partial charge in [-0.05, 0) is 13.3 Å². The zero-order chi connectivity index (χ0) is 11.0. The van der Waals surface area contributed by atoms with Crippen molar-refractivity contribution in [1.82, 2.24) is 5.48 Å². The van der Waals surface area contributed by atoms with E-state index in [4.69, 9.17) is 4.84 Å². The van der Waals surface area contributed by atoms with Crippen LogP contribution in [0.4, 0.5) is 0 Å². The number of aliphatic hydroxyl groups is 1. The van der Waals surface area contributed by atoms with Gasteiger partial charge in [-0.2, -0.15) is 0 Å². The molecule has 0 saturated carbocycles. The first-order valence-corrected chi connectivity index (χ1v) is 4.43. The third-order valence-electron chi connectivity index (χ3n) is 1.56. The van der Waals surface area contributed by atoms with E-state index in [2.05, 4.69) is 18.6 Å². The van der Waals surface area contributed by atoms with E-state index in [1.54, 1.807) is 13.0 Å². The highest BCUT2D eigenvalue weighted by atomic mass is 16.6. The van der Waals surface area contributed by atoms with E-state index in [1.807, 2.05) is 0 Å². The number of aliphatic hydroxyl groups excluding tert-OH is 1. The molecule has 0 aromatic heterocycles. The summed E-state index contributed by atoms with van der Waals surface area (Å²) in [7, 11) is 0. The molecule has 14 heavy (non-hydrogen) atoms. The minimum atomic E-state index is -0.807. The first-order valence-electron chi connectivity index (χ1n) is 4.43. The monoisotopic (exact) mass is 199 g/mol. The van der Waals surface area contributed by atoms with Crippen molar-refractivity contribution in [2.75, 3.05) is 6.61 Å². The molecule has 0 aliphatic carbocycles. The first kappa shape index (κ1) is 12.9. The molecule has 0 aliphatic heterocycles. The average Bonchev–Trinajstić information content (AvgIpc) is 2.12. The Morgan fingerprint density at radius 2 is 2.36 bits per heavy atom. The lowest BCUT2D eigenvalue weighted by molar-refractivity contribution is -0.135. The molecule has 0 spiro atoms. The van der Waals surface area contributed by atoms with E-state index in [0.717, 1.165) is 0 Å². The number of carbonyl (C=O) groups is 1. The van der Waals surface area contributed by atoms with Crippen molar-refractivity contribution in [3.63, 3.8) is 0 Å². The quantitative estimate of drug-likeness (QED) is 0.364. The van der Waals surface area contributed by atoms with Crippen LogP contribution in [0.3, 0.4) is 0 Å². The fraction of sp³-hybridized carbons (Fsp3) is 0.500. The van der Waals surface area contributed by atoms with Crippen LogP contribution >= 0.6 is 0 Å². The van der Waals surface area contributed by atoms with E-state index in [9.17, 15) is 9.90 Å². The highest BCUT2D eigenvalue weighted by Crippen LogP contribution is 2.01. The lowest BCUT2D eigenvalue weighted by atomic mass is 10.1. The Bertz CT molecular complexity index is 213. The maximum absolute atomic E-state index is 11.1. The first-order chi connectivity index (χ1) is 6.57. The van der Waals surface area contributed by atoms with Crippen molar-refractivity contribution >= 4 is 5.91 Å². The molecule has 0 heterocycles. The van der Waals surface area contributed by atoms with Crippen molar-refractivity contribution in [1.29, 1.82) is 0 Å². The number of nitrogens with one attached hydrogen (secondary N) is 1. The van der Waals surface area contributed by atoms with Crippen LogP contribution in [0, 0.1) is 0 Å². The largest absolute Gasteiger partial charge is 0.388 e. The summed E-state index contributed by atoms with van der Waals surface area (Å²) in [4.78, 5) is 15.9. The smallest absolute Gasteiger partial charge is 0.246 e. The summed E-state index contributed by atoms with van der Waals surface area (Å²) < 4.78 is 0. The van der Waals surface area contributed by atoms with E-state index in [-0.39, 0.29) is 12.3 Å². The Kier molecular flexibility index (Phi) is 6.70. The minimum absolute atomic E-state index is 0.0244. The molecule has 0 aromatic rings. The molecule has 0 saturated heterocycles. The number of hydrogen-bond donors (Lipinski definition) is 2. The zero-order valence-electron chi connectivity index (χ0n) is 8.45. The second kappa shape index (κ2) is 7.29. The fourth-order valence-electron chi connectivity index (χ4n) is 0.665. The van der Waals surface area contributed by atoms with Gasteiger partial charge in [-0.25, -0.2) is 5.48 Å². The predicted octanol–water partition coefficient (Wildman–Crippen LogP) is 0.937. The van der Waals surface area contributed by atoms with Crippen LogP contribution in [0.2, 0.25) is 0 Å². The molecule has 0 unspecified atom stereocenters.